The molecule has 0 saturated heterocycles. The minimum atomic E-state index is -0.998. The molecule has 0 heterocycles. The van der Waals surface area contributed by atoms with Crippen LogP contribution in [-0.4, -0.2) is 23.3 Å². The average molecular weight is 239 g/mol. The van der Waals surface area contributed by atoms with Crippen LogP contribution in [0, 0.1) is 0 Å². The van der Waals surface area contributed by atoms with E-state index in [1.807, 2.05) is 44.2 Å². The topological polar surface area (TPSA) is 58.6 Å². The summed E-state index contributed by atoms with van der Waals surface area (Å²) in [6, 6.07) is 0. The second-order valence-electron chi connectivity index (χ2n) is 3.99. The molecular formula is C13H21NO3. The molecule has 0 bridgehead atoms. The average Bonchev–Trinajstić information content (AvgIpc) is 2.25. The van der Waals surface area contributed by atoms with Crippen molar-refractivity contribution in [1.82, 2.24) is 5.32 Å². The maximum absolute atomic E-state index is 10.8. The lowest BCUT2D eigenvalue weighted by Crippen LogP contribution is -2.47. The lowest BCUT2D eigenvalue weighted by molar-refractivity contribution is -0.144. The Morgan fingerprint density at radius 2 is 2.00 bits per heavy atom. The summed E-state index contributed by atoms with van der Waals surface area (Å²) in [6.45, 7) is 7.12. The van der Waals surface area contributed by atoms with E-state index < -0.39 is 11.5 Å². The number of carboxylic acids is 1. The van der Waals surface area contributed by atoms with Crippen LogP contribution in [0.2, 0.25) is 0 Å². The van der Waals surface area contributed by atoms with E-state index >= 15 is 0 Å². The van der Waals surface area contributed by atoms with Crippen LogP contribution in [0.25, 0.3) is 0 Å². The van der Waals surface area contributed by atoms with Crippen molar-refractivity contribution in [2.45, 2.75) is 33.2 Å². The van der Waals surface area contributed by atoms with E-state index in [-0.39, 0.29) is 6.73 Å². The van der Waals surface area contributed by atoms with Gasteiger partial charge in [-0.2, -0.15) is 0 Å². The van der Waals surface area contributed by atoms with Crippen molar-refractivity contribution < 1.29 is 14.6 Å². The number of allylic oxidation sites excluding steroid dienone is 5. The number of aliphatic carboxylic acids is 1. The minimum Gasteiger partial charge on any atom is -0.480 e. The fraction of sp³-hybridized carbons (Fsp3) is 0.462. The normalized spacial score (nSPS) is 13.5. The highest BCUT2D eigenvalue weighted by Gasteiger charge is 2.25. The number of hydrogen-bond acceptors (Lipinski definition) is 3. The van der Waals surface area contributed by atoms with Crippen LogP contribution in [0.3, 0.4) is 0 Å². The first-order chi connectivity index (χ1) is 7.94. The van der Waals surface area contributed by atoms with Gasteiger partial charge in [-0.25, -0.2) is 0 Å². The Kier molecular flexibility index (Phi) is 6.98. The summed E-state index contributed by atoms with van der Waals surface area (Å²) in [5, 5.41) is 11.7. The van der Waals surface area contributed by atoms with E-state index in [0.29, 0.717) is 5.76 Å². The third-order valence-electron chi connectivity index (χ3n) is 2.07. The molecule has 0 amide bonds. The molecule has 0 saturated carbocycles. The van der Waals surface area contributed by atoms with Gasteiger partial charge in [0.15, 0.2) is 0 Å². The van der Waals surface area contributed by atoms with Crippen molar-refractivity contribution in [2.24, 2.45) is 0 Å². The monoisotopic (exact) mass is 239 g/mol. The highest BCUT2D eigenvalue weighted by atomic mass is 16.5. The Morgan fingerprint density at radius 1 is 1.35 bits per heavy atom. The molecule has 0 aliphatic rings. The lowest BCUT2D eigenvalue weighted by atomic mass is 10.1. The van der Waals surface area contributed by atoms with Crippen LogP contribution >= 0.6 is 0 Å². The first-order valence-electron chi connectivity index (χ1n) is 5.51. The van der Waals surface area contributed by atoms with Crippen molar-refractivity contribution >= 4 is 5.97 Å². The third-order valence-corrected chi connectivity index (χ3v) is 2.07. The summed E-state index contributed by atoms with van der Waals surface area (Å²) >= 11 is 0. The van der Waals surface area contributed by atoms with Gasteiger partial charge in [0.2, 0.25) is 0 Å². The molecule has 0 aromatic heterocycles. The molecule has 0 radical (unpaired) electrons. The zero-order valence-corrected chi connectivity index (χ0v) is 10.9. The molecule has 4 nitrogen and oxygen atoms in total. The zero-order chi connectivity index (χ0) is 13.3. The maximum Gasteiger partial charge on any atom is 0.323 e. The van der Waals surface area contributed by atoms with Gasteiger partial charge in [-0.15, -0.1) is 0 Å². The van der Waals surface area contributed by atoms with Gasteiger partial charge in [0, 0.05) is 0 Å². The number of ether oxygens (including phenoxy) is 1. The summed E-state index contributed by atoms with van der Waals surface area (Å²) in [6.07, 6.45) is 9.24. The van der Waals surface area contributed by atoms with Crippen molar-refractivity contribution in [3.05, 3.63) is 36.1 Å². The molecule has 96 valence electrons. The van der Waals surface area contributed by atoms with E-state index in [1.165, 1.54) is 0 Å². The number of nitrogens with one attached hydrogen (secondary N) is 1. The SMILES string of the molecule is C\C=C/C=C(\C=C/C)OCNC(C)(C)C(=O)O. The Morgan fingerprint density at radius 3 is 2.47 bits per heavy atom. The molecule has 0 aliphatic heterocycles. The first-order valence-corrected chi connectivity index (χ1v) is 5.51. The van der Waals surface area contributed by atoms with Crippen LogP contribution in [0.4, 0.5) is 0 Å². The molecule has 17 heavy (non-hydrogen) atoms. The Labute approximate surface area is 103 Å². The van der Waals surface area contributed by atoms with Crippen molar-refractivity contribution in [1.29, 1.82) is 0 Å². The van der Waals surface area contributed by atoms with Crippen LogP contribution in [-0.2, 0) is 9.53 Å². The van der Waals surface area contributed by atoms with Gasteiger partial charge < -0.3 is 9.84 Å². The molecule has 0 atom stereocenters. The van der Waals surface area contributed by atoms with Gasteiger partial charge in [0.1, 0.15) is 18.0 Å². The Bertz CT molecular complexity index is 328. The second kappa shape index (κ2) is 7.68. The minimum absolute atomic E-state index is 0.146. The Hall–Kier alpha value is -1.55. The molecule has 0 aromatic carbocycles. The summed E-state index contributed by atoms with van der Waals surface area (Å²) < 4.78 is 5.42. The first kappa shape index (κ1) is 15.4. The fourth-order valence-electron chi connectivity index (χ4n) is 0.883. The van der Waals surface area contributed by atoms with Gasteiger partial charge in [-0.1, -0.05) is 18.2 Å². The van der Waals surface area contributed by atoms with Crippen LogP contribution in [0.15, 0.2) is 36.1 Å². The summed E-state index contributed by atoms with van der Waals surface area (Å²) in [7, 11) is 0. The Balaban J connectivity index is 4.29. The molecule has 0 aliphatic carbocycles. The van der Waals surface area contributed by atoms with Gasteiger partial charge in [-0.3, -0.25) is 10.1 Å². The molecule has 0 unspecified atom stereocenters. The molecule has 0 spiro atoms. The number of rotatable bonds is 7. The highest BCUT2D eigenvalue weighted by Crippen LogP contribution is 2.04. The van der Waals surface area contributed by atoms with Crippen LogP contribution in [0.5, 0.6) is 0 Å². The maximum atomic E-state index is 10.8. The molecular weight excluding hydrogens is 218 g/mol. The molecule has 4 heteroatoms. The summed E-state index contributed by atoms with van der Waals surface area (Å²) in [5.74, 6) is -0.231. The zero-order valence-electron chi connectivity index (χ0n) is 10.9. The van der Waals surface area contributed by atoms with E-state index in [0.717, 1.165) is 0 Å². The van der Waals surface area contributed by atoms with Crippen molar-refractivity contribution in [3.8, 4) is 0 Å². The third kappa shape index (κ3) is 6.58. The highest BCUT2D eigenvalue weighted by molar-refractivity contribution is 5.77. The molecule has 0 rings (SSSR count). The summed E-state index contributed by atoms with van der Waals surface area (Å²) in [4.78, 5) is 10.8. The second-order valence-corrected chi connectivity index (χ2v) is 3.99. The van der Waals surface area contributed by atoms with E-state index in [9.17, 15) is 4.79 Å². The van der Waals surface area contributed by atoms with Gasteiger partial charge >= 0.3 is 5.97 Å². The fourth-order valence-corrected chi connectivity index (χ4v) is 0.883. The molecule has 0 aromatic rings. The molecule has 2 N–H and O–H groups in total. The smallest absolute Gasteiger partial charge is 0.323 e. The predicted octanol–water partition coefficient (Wildman–Crippen LogP) is 2.45. The predicted molar refractivity (Wildman–Crippen MR) is 68.5 cm³/mol. The van der Waals surface area contributed by atoms with E-state index in [4.69, 9.17) is 9.84 Å². The van der Waals surface area contributed by atoms with Crippen LogP contribution in [0.1, 0.15) is 27.7 Å². The van der Waals surface area contributed by atoms with Gasteiger partial charge in [-0.05, 0) is 39.8 Å². The molecule has 0 fully saturated rings. The van der Waals surface area contributed by atoms with Gasteiger partial charge in [0.05, 0.1) is 0 Å². The quantitative estimate of drug-likeness (QED) is 0.407. The summed E-state index contributed by atoms with van der Waals surface area (Å²) in [5.41, 5.74) is -0.998. The van der Waals surface area contributed by atoms with Crippen LogP contribution < -0.4 is 5.32 Å². The number of carboxylic acid groups (broad SMARTS) is 1. The standard InChI is InChI=1S/C13H21NO3/c1-5-7-9-11(8-6-2)17-10-14-13(3,4)12(15)16/h5-9,14H,10H2,1-4H3,(H,15,16)/b7-5-,8-6-,11-9+. The van der Waals surface area contributed by atoms with Crippen molar-refractivity contribution in [2.75, 3.05) is 6.73 Å². The lowest BCUT2D eigenvalue weighted by Gasteiger charge is -2.21. The van der Waals surface area contributed by atoms with Crippen molar-refractivity contribution in [3.63, 3.8) is 0 Å². The largest absolute Gasteiger partial charge is 0.480 e. The number of carbonyl (C=O) groups is 1. The van der Waals surface area contributed by atoms with E-state index in [1.54, 1.807) is 13.8 Å². The number of hydrogen-bond donors (Lipinski definition) is 2. The van der Waals surface area contributed by atoms with Gasteiger partial charge in [0.25, 0.3) is 0 Å². The van der Waals surface area contributed by atoms with E-state index in [2.05, 4.69) is 5.32 Å².